The maximum absolute atomic E-state index is 2.44. The molecule has 11 rings (SSSR count). The summed E-state index contributed by atoms with van der Waals surface area (Å²) in [5.41, 5.74) is 32.0. The molecule has 0 N–H and O–H groups in total. The van der Waals surface area contributed by atoms with Gasteiger partial charge in [-0.05, 0) is 425 Å². The fourth-order valence-corrected chi connectivity index (χ4v) is 16.9. The van der Waals surface area contributed by atoms with Gasteiger partial charge < -0.3 is 0 Å². The summed E-state index contributed by atoms with van der Waals surface area (Å²) in [4.78, 5) is 0. The van der Waals surface area contributed by atoms with E-state index >= 15 is 0 Å². The Morgan fingerprint density at radius 3 is 0.533 bits per heavy atom. The highest BCUT2D eigenvalue weighted by molar-refractivity contribution is 5.98. The molecule has 0 nitrogen and oxygen atoms in total. The zero-order valence-corrected chi connectivity index (χ0v) is 54.3. The molecular weight excluding hydrogens is 901 g/mol. The van der Waals surface area contributed by atoms with E-state index in [1.54, 1.807) is 19.3 Å². The summed E-state index contributed by atoms with van der Waals surface area (Å²) < 4.78 is 0. The van der Waals surface area contributed by atoms with E-state index in [1.807, 2.05) is 0 Å². The lowest BCUT2D eigenvalue weighted by Gasteiger charge is -2.24. The van der Waals surface area contributed by atoms with E-state index in [4.69, 9.17) is 0 Å². The van der Waals surface area contributed by atoms with Crippen molar-refractivity contribution in [2.24, 2.45) is 71.0 Å². The van der Waals surface area contributed by atoms with Crippen LogP contribution in [0, 0.1) is 223 Å². The van der Waals surface area contributed by atoms with Crippen LogP contribution >= 0.6 is 0 Å². The summed E-state index contributed by atoms with van der Waals surface area (Å²) in [5, 5.41) is 5.93. The van der Waals surface area contributed by atoms with Crippen LogP contribution in [-0.4, -0.2) is 0 Å². The SMILES string of the molecule is CC1C2CCC(C2)C1C.CC1CC2CC(C)C1C2.CC1CC2CC1CC2C.Cc1c(C)c(C)c(C)c(C)c1C.Cc1c(C)c(C)c2c(C)c(C)c(C)c(C)c2c1C.Cc1c(C)c(C)c2c(C)c(C)c(C)c(C)c2c1C. The molecule has 0 amide bonds. The fraction of sp³-hybridized carbons (Fsp3) is 0.653. The van der Waals surface area contributed by atoms with Gasteiger partial charge in [0.25, 0.3) is 0 Å². The Bertz CT molecular complexity index is 2410. The van der Waals surface area contributed by atoms with Crippen LogP contribution in [0.25, 0.3) is 21.5 Å². The minimum Gasteiger partial charge on any atom is -0.0622 e. The van der Waals surface area contributed by atoms with Gasteiger partial charge in [-0.1, -0.05) is 41.5 Å². The van der Waals surface area contributed by atoms with E-state index in [1.165, 1.54) is 182 Å². The molecule has 0 saturated heterocycles. The molecule has 6 bridgehead atoms. The summed E-state index contributed by atoms with van der Waals surface area (Å²) in [6, 6.07) is 0. The Morgan fingerprint density at radius 1 is 0.200 bits per heavy atom. The molecule has 10 unspecified atom stereocenters. The number of hydrogen-bond acceptors (Lipinski definition) is 0. The molecular formula is C75H114. The van der Waals surface area contributed by atoms with Gasteiger partial charge in [-0.3, -0.25) is 0 Å². The summed E-state index contributed by atoms with van der Waals surface area (Å²) >= 11 is 0. The van der Waals surface area contributed by atoms with Crippen molar-refractivity contribution in [1.82, 2.24) is 0 Å². The Balaban J connectivity index is 0.000000150. The topological polar surface area (TPSA) is 0 Å². The Hall–Kier alpha value is -3.38. The predicted octanol–water partition coefficient (Wildman–Crippen LogP) is 22.2. The van der Waals surface area contributed by atoms with Gasteiger partial charge in [0.2, 0.25) is 0 Å². The molecule has 0 aliphatic heterocycles. The van der Waals surface area contributed by atoms with Gasteiger partial charge in [-0.2, -0.15) is 0 Å². The van der Waals surface area contributed by atoms with Gasteiger partial charge >= 0.3 is 0 Å². The smallest absolute Gasteiger partial charge is 0.0114 e. The molecule has 0 heterocycles. The highest BCUT2D eigenvalue weighted by Crippen LogP contribution is 2.53. The normalized spacial score (nSPS) is 27.5. The molecule has 6 aliphatic carbocycles. The second kappa shape index (κ2) is 23.9. The molecule has 6 aliphatic rings. The van der Waals surface area contributed by atoms with Gasteiger partial charge in [0, 0.05) is 0 Å². The standard InChI is InChI=1S/2C18H24.C12H18.3C9H16/c2*1-9-10(2)14(6)18-16(8)12(4)11(3)15(7)17(18)13(9)5;1-7-8(2)10(4)12(6)11(5)9(7)3;1-6-3-9-5-8(6)4-7(9)2;1-6-3-8-4-7(2)9(6)5-8;1-6-7(2)9-4-3-8(6)5-9/h2*1-8H3;1-6H3;3*6-9H,3-5H2,1-2H3. The molecule has 6 fully saturated rings. The van der Waals surface area contributed by atoms with Crippen LogP contribution in [0.5, 0.6) is 0 Å². The Labute approximate surface area is 464 Å². The van der Waals surface area contributed by atoms with Crippen molar-refractivity contribution < 1.29 is 0 Å². The first kappa shape index (κ1) is 60.8. The highest BCUT2D eigenvalue weighted by atomic mass is 14.5. The highest BCUT2D eigenvalue weighted by Gasteiger charge is 2.43. The summed E-state index contributed by atoms with van der Waals surface area (Å²) in [6.45, 7) is 64.0. The number of rotatable bonds is 0. The summed E-state index contributed by atoms with van der Waals surface area (Å²) in [5.74, 6) is 13.0. The molecule has 414 valence electrons. The zero-order valence-electron chi connectivity index (χ0n) is 54.3. The molecule has 0 radical (unpaired) electrons. The maximum atomic E-state index is 2.44. The lowest BCUT2D eigenvalue weighted by atomic mass is 9.82. The number of benzene rings is 5. The van der Waals surface area contributed by atoms with Crippen molar-refractivity contribution in [3.8, 4) is 0 Å². The van der Waals surface area contributed by atoms with E-state index in [0.717, 1.165) is 71.0 Å². The van der Waals surface area contributed by atoms with Crippen molar-refractivity contribution >= 4 is 21.5 Å². The minimum absolute atomic E-state index is 1.05. The minimum atomic E-state index is 1.05. The van der Waals surface area contributed by atoms with Crippen LogP contribution in [-0.2, 0) is 0 Å². The third-order valence-electron chi connectivity index (χ3n) is 24.5. The van der Waals surface area contributed by atoms with E-state index in [2.05, 4.69) is 194 Å². The largest absolute Gasteiger partial charge is 0.0622 e. The van der Waals surface area contributed by atoms with E-state index in [0.29, 0.717) is 0 Å². The van der Waals surface area contributed by atoms with E-state index < -0.39 is 0 Å². The molecule has 0 aromatic heterocycles. The van der Waals surface area contributed by atoms with Gasteiger partial charge in [-0.25, -0.2) is 0 Å². The van der Waals surface area contributed by atoms with Crippen LogP contribution < -0.4 is 0 Å². The average Bonchev–Trinajstić information content (AvgIpc) is 4.26. The average molecular weight is 1020 g/mol. The molecule has 75 heavy (non-hydrogen) atoms. The molecule has 0 spiro atoms. The van der Waals surface area contributed by atoms with Crippen LogP contribution in [0.3, 0.4) is 0 Å². The molecule has 6 saturated carbocycles. The molecule has 5 aromatic rings. The number of hydrogen-bond donors (Lipinski definition) is 0. The zero-order chi connectivity index (χ0) is 56.3. The Morgan fingerprint density at radius 2 is 0.400 bits per heavy atom. The molecule has 5 aromatic carbocycles. The van der Waals surface area contributed by atoms with Crippen LogP contribution in [0.15, 0.2) is 0 Å². The van der Waals surface area contributed by atoms with Gasteiger partial charge in [-0.15, -0.1) is 0 Å². The van der Waals surface area contributed by atoms with Crippen LogP contribution in [0.2, 0.25) is 0 Å². The first-order valence-corrected chi connectivity index (χ1v) is 30.8. The van der Waals surface area contributed by atoms with Crippen molar-refractivity contribution in [2.75, 3.05) is 0 Å². The van der Waals surface area contributed by atoms with Crippen molar-refractivity contribution in [1.29, 1.82) is 0 Å². The third-order valence-corrected chi connectivity index (χ3v) is 24.5. The second-order valence-corrected chi connectivity index (χ2v) is 27.7. The number of fused-ring (bicyclic) bond motifs is 8. The molecule has 0 heteroatoms. The van der Waals surface area contributed by atoms with E-state index in [-0.39, 0.29) is 0 Å². The third kappa shape index (κ3) is 11.6. The van der Waals surface area contributed by atoms with Crippen LogP contribution in [0.1, 0.15) is 222 Å². The number of aryl methyl sites for hydroxylation is 8. The van der Waals surface area contributed by atoms with Crippen molar-refractivity contribution in [3.63, 3.8) is 0 Å². The first-order chi connectivity index (χ1) is 34.9. The fourth-order valence-electron chi connectivity index (χ4n) is 16.9. The first-order valence-electron chi connectivity index (χ1n) is 30.8. The second-order valence-electron chi connectivity index (χ2n) is 27.7. The van der Waals surface area contributed by atoms with Crippen molar-refractivity contribution in [3.05, 3.63) is 122 Å². The van der Waals surface area contributed by atoms with Gasteiger partial charge in [0.05, 0.1) is 0 Å². The quantitative estimate of drug-likeness (QED) is 0.145. The molecule has 10 atom stereocenters. The maximum Gasteiger partial charge on any atom is -0.0114 e. The van der Waals surface area contributed by atoms with Crippen molar-refractivity contribution in [2.45, 2.75) is 252 Å². The predicted molar refractivity (Wildman–Crippen MR) is 336 cm³/mol. The summed E-state index contributed by atoms with van der Waals surface area (Å²) in [7, 11) is 0. The lowest BCUT2D eigenvalue weighted by Crippen LogP contribution is -2.15. The Kier molecular flexibility index (Phi) is 19.4. The monoisotopic (exact) mass is 1010 g/mol. The van der Waals surface area contributed by atoms with E-state index in [9.17, 15) is 0 Å². The van der Waals surface area contributed by atoms with Gasteiger partial charge in [0.1, 0.15) is 0 Å². The van der Waals surface area contributed by atoms with Gasteiger partial charge in [0.15, 0.2) is 0 Å². The lowest BCUT2D eigenvalue weighted by molar-refractivity contribution is 0.259. The van der Waals surface area contributed by atoms with Crippen LogP contribution in [0.4, 0.5) is 0 Å². The summed E-state index contributed by atoms with van der Waals surface area (Å²) in [6.07, 6.45) is 13.9.